The fourth-order valence-electron chi connectivity index (χ4n) is 3.05. The Hall–Kier alpha value is -1.13. The first-order valence-electron chi connectivity index (χ1n) is 7.98. The highest BCUT2D eigenvalue weighted by Gasteiger charge is 2.21. The number of benzene rings is 1. The summed E-state index contributed by atoms with van der Waals surface area (Å²) in [5.41, 5.74) is 1.70. The maximum atomic E-state index is 14.3. The average molecular weight is 294 g/mol. The van der Waals surface area contributed by atoms with E-state index in [1.165, 1.54) is 12.5 Å². The van der Waals surface area contributed by atoms with E-state index in [-0.39, 0.29) is 18.0 Å². The molecule has 0 radical (unpaired) electrons. The number of anilines is 1. The molecule has 1 aliphatic rings. The monoisotopic (exact) mass is 294 g/mol. The lowest BCUT2D eigenvalue weighted by atomic mass is 10.0. The number of halogens is 1. The van der Waals surface area contributed by atoms with Crippen molar-refractivity contribution in [3.05, 3.63) is 29.6 Å². The Morgan fingerprint density at radius 2 is 2.24 bits per heavy atom. The fourth-order valence-corrected chi connectivity index (χ4v) is 3.05. The summed E-state index contributed by atoms with van der Waals surface area (Å²) in [7, 11) is 2.02. The SMILES string of the molecule is CCNC(C)c1c(F)cccc1N(C)CC1CCCCO1. The van der Waals surface area contributed by atoms with Crippen LogP contribution in [0, 0.1) is 5.82 Å². The van der Waals surface area contributed by atoms with Gasteiger partial charge in [0.25, 0.3) is 0 Å². The topological polar surface area (TPSA) is 24.5 Å². The molecule has 0 amide bonds. The van der Waals surface area contributed by atoms with Gasteiger partial charge in [0.05, 0.1) is 6.10 Å². The van der Waals surface area contributed by atoms with Crippen molar-refractivity contribution in [1.82, 2.24) is 5.32 Å². The Bertz CT molecular complexity index is 446. The first-order valence-corrected chi connectivity index (χ1v) is 7.98. The molecule has 2 atom stereocenters. The molecule has 21 heavy (non-hydrogen) atoms. The molecule has 1 heterocycles. The predicted molar refractivity (Wildman–Crippen MR) is 85.4 cm³/mol. The molecule has 2 unspecified atom stereocenters. The first kappa shape index (κ1) is 16.2. The smallest absolute Gasteiger partial charge is 0.130 e. The molecular formula is C17H27FN2O. The van der Waals surface area contributed by atoms with Crippen molar-refractivity contribution in [3.63, 3.8) is 0 Å². The van der Waals surface area contributed by atoms with E-state index in [0.29, 0.717) is 0 Å². The molecule has 0 aromatic heterocycles. The summed E-state index contributed by atoms with van der Waals surface area (Å²) in [4.78, 5) is 2.13. The highest BCUT2D eigenvalue weighted by molar-refractivity contribution is 5.55. The molecule has 4 heteroatoms. The minimum Gasteiger partial charge on any atom is -0.376 e. The number of hydrogen-bond acceptors (Lipinski definition) is 3. The Kier molecular flexibility index (Phi) is 6.00. The maximum absolute atomic E-state index is 14.3. The van der Waals surface area contributed by atoms with Crippen LogP contribution in [0.15, 0.2) is 18.2 Å². The van der Waals surface area contributed by atoms with Crippen LogP contribution in [0.2, 0.25) is 0 Å². The number of rotatable bonds is 6. The van der Waals surface area contributed by atoms with E-state index < -0.39 is 0 Å². The summed E-state index contributed by atoms with van der Waals surface area (Å²) in [5, 5.41) is 3.30. The number of nitrogens with zero attached hydrogens (tertiary/aromatic N) is 1. The lowest BCUT2D eigenvalue weighted by Crippen LogP contribution is -2.34. The molecule has 1 N–H and O–H groups in total. The van der Waals surface area contributed by atoms with Gasteiger partial charge in [0.1, 0.15) is 5.82 Å². The van der Waals surface area contributed by atoms with Crippen molar-refractivity contribution < 1.29 is 9.13 Å². The van der Waals surface area contributed by atoms with Crippen LogP contribution in [-0.4, -0.2) is 32.8 Å². The van der Waals surface area contributed by atoms with Gasteiger partial charge in [0.15, 0.2) is 0 Å². The molecular weight excluding hydrogens is 267 g/mol. The van der Waals surface area contributed by atoms with Crippen molar-refractivity contribution in [2.24, 2.45) is 0 Å². The molecule has 0 aliphatic carbocycles. The van der Waals surface area contributed by atoms with Crippen LogP contribution in [0.4, 0.5) is 10.1 Å². The third-order valence-electron chi connectivity index (χ3n) is 4.14. The van der Waals surface area contributed by atoms with E-state index in [0.717, 1.165) is 43.8 Å². The summed E-state index contributed by atoms with van der Waals surface area (Å²) < 4.78 is 20.1. The number of hydrogen-bond donors (Lipinski definition) is 1. The number of nitrogens with one attached hydrogen (secondary N) is 1. The Balaban J connectivity index is 2.15. The lowest BCUT2D eigenvalue weighted by molar-refractivity contribution is 0.0216. The van der Waals surface area contributed by atoms with Gasteiger partial charge >= 0.3 is 0 Å². The molecule has 0 bridgehead atoms. The molecule has 1 fully saturated rings. The van der Waals surface area contributed by atoms with Gasteiger partial charge in [-0.05, 0) is 44.9 Å². The molecule has 2 rings (SSSR count). The summed E-state index contributed by atoms with van der Waals surface area (Å²) in [6.07, 6.45) is 3.73. The van der Waals surface area contributed by atoms with E-state index >= 15 is 0 Å². The summed E-state index contributed by atoms with van der Waals surface area (Å²) in [5.74, 6) is -0.141. The molecule has 1 aromatic rings. The Morgan fingerprint density at radius 1 is 1.43 bits per heavy atom. The van der Waals surface area contributed by atoms with Gasteiger partial charge in [-0.25, -0.2) is 4.39 Å². The zero-order valence-corrected chi connectivity index (χ0v) is 13.4. The average Bonchev–Trinajstić information content (AvgIpc) is 2.48. The summed E-state index contributed by atoms with van der Waals surface area (Å²) in [6.45, 7) is 6.54. The zero-order chi connectivity index (χ0) is 15.2. The van der Waals surface area contributed by atoms with Gasteiger partial charge in [-0.3, -0.25) is 0 Å². The van der Waals surface area contributed by atoms with Crippen molar-refractivity contribution in [1.29, 1.82) is 0 Å². The summed E-state index contributed by atoms with van der Waals surface area (Å²) >= 11 is 0. The van der Waals surface area contributed by atoms with Gasteiger partial charge in [0.2, 0.25) is 0 Å². The van der Waals surface area contributed by atoms with E-state index in [1.54, 1.807) is 6.07 Å². The lowest BCUT2D eigenvalue weighted by Gasteiger charge is -2.31. The Morgan fingerprint density at radius 3 is 2.90 bits per heavy atom. The van der Waals surface area contributed by atoms with Crippen molar-refractivity contribution in [2.45, 2.75) is 45.3 Å². The van der Waals surface area contributed by atoms with E-state index in [9.17, 15) is 4.39 Å². The maximum Gasteiger partial charge on any atom is 0.130 e. The first-order chi connectivity index (χ1) is 10.1. The summed E-state index contributed by atoms with van der Waals surface area (Å²) in [6, 6.07) is 5.32. The van der Waals surface area contributed by atoms with E-state index in [2.05, 4.69) is 10.2 Å². The molecule has 1 aromatic carbocycles. The minimum atomic E-state index is -0.141. The predicted octanol–water partition coefficient (Wildman–Crippen LogP) is 3.50. The number of ether oxygens (including phenoxy) is 1. The van der Waals surface area contributed by atoms with Crippen molar-refractivity contribution in [2.75, 3.05) is 31.6 Å². The zero-order valence-electron chi connectivity index (χ0n) is 13.4. The second-order valence-electron chi connectivity index (χ2n) is 5.82. The highest BCUT2D eigenvalue weighted by Crippen LogP contribution is 2.29. The van der Waals surface area contributed by atoms with Crippen LogP contribution in [-0.2, 0) is 4.74 Å². The van der Waals surface area contributed by atoms with E-state index in [1.807, 2.05) is 27.0 Å². The standard InChI is InChI=1S/C17H27FN2O/c1-4-19-13(2)17-15(18)9-7-10-16(17)20(3)12-14-8-5-6-11-21-14/h7,9-10,13-14,19H,4-6,8,11-12H2,1-3H3. The van der Waals surface area contributed by atoms with Gasteiger partial charge in [-0.1, -0.05) is 13.0 Å². The molecule has 1 aliphatic heterocycles. The molecule has 1 saturated heterocycles. The third kappa shape index (κ3) is 4.17. The van der Waals surface area contributed by atoms with Gasteiger partial charge in [0, 0.05) is 37.5 Å². The van der Waals surface area contributed by atoms with Gasteiger partial charge < -0.3 is 15.0 Å². The number of likely N-dealkylation sites (N-methyl/N-ethyl adjacent to an activating group) is 1. The van der Waals surface area contributed by atoms with Gasteiger partial charge in [-0.15, -0.1) is 0 Å². The Labute approximate surface area is 127 Å². The van der Waals surface area contributed by atoms with Crippen LogP contribution in [0.1, 0.15) is 44.7 Å². The largest absolute Gasteiger partial charge is 0.376 e. The quantitative estimate of drug-likeness (QED) is 0.869. The van der Waals surface area contributed by atoms with Crippen LogP contribution >= 0.6 is 0 Å². The second-order valence-corrected chi connectivity index (χ2v) is 5.82. The molecule has 3 nitrogen and oxygen atoms in total. The molecule has 0 spiro atoms. The molecule has 118 valence electrons. The second kappa shape index (κ2) is 7.76. The molecule has 0 saturated carbocycles. The van der Waals surface area contributed by atoms with Gasteiger partial charge in [-0.2, -0.15) is 0 Å². The van der Waals surface area contributed by atoms with Crippen molar-refractivity contribution >= 4 is 5.69 Å². The highest BCUT2D eigenvalue weighted by atomic mass is 19.1. The third-order valence-corrected chi connectivity index (χ3v) is 4.14. The van der Waals surface area contributed by atoms with Crippen molar-refractivity contribution in [3.8, 4) is 0 Å². The normalized spacial score (nSPS) is 20.3. The minimum absolute atomic E-state index is 0.000856. The van der Waals surface area contributed by atoms with E-state index in [4.69, 9.17) is 4.74 Å². The van der Waals surface area contributed by atoms with Crippen LogP contribution < -0.4 is 10.2 Å². The van der Waals surface area contributed by atoms with Crippen LogP contribution in [0.5, 0.6) is 0 Å². The van der Waals surface area contributed by atoms with Crippen LogP contribution in [0.3, 0.4) is 0 Å². The fraction of sp³-hybridized carbons (Fsp3) is 0.647. The van der Waals surface area contributed by atoms with Crippen LogP contribution in [0.25, 0.3) is 0 Å².